The summed E-state index contributed by atoms with van der Waals surface area (Å²) in [6.07, 6.45) is 1.97. The molecule has 1 aliphatic heterocycles. The van der Waals surface area contributed by atoms with Gasteiger partial charge in [0.15, 0.2) is 11.5 Å². The molecule has 1 heterocycles. The highest BCUT2D eigenvalue weighted by Crippen LogP contribution is 2.35. The molecule has 0 aromatic heterocycles. The molecule has 4 rings (SSSR count). The molecule has 186 valence electrons. The van der Waals surface area contributed by atoms with E-state index in [1.165, 1.54) is 0 Å². The van der Waals surface area contributed by atoms with Crippen LogP contribution in [0.2, 0.25) is 0 Å². The Morgan fingerprint density at radius 1 is 1.06 bits per heavy atom. The summed E-state index contributed by atoms with van der Waals surface area (Å²) in [6, 6.07) is 19.5. The van der Waals surface area contributed by atoms with Crippen molar-refractivity contribution < 1.29 is 28.6 Å². The number of amides is 2. The Bertz CT molecular complexity index is 1330. The van der Waals surface area contributed by atoms with Crippen molar-refractivity contribution in [1.82, 2.24) is 4.90 Å². The Morgan fingerprint density at radius 2 is 1.83 bits per heavy atom. The first-order valence-corrected chi connectivity index (χ1v) is 12.4. The molecule has 1 aliphatic rings. The molecule has 1 saturated heterocycles. The van der Waals surface area contributed by atoms with Gasteiger partial charge in [0, 0.05) is 0 Å². The first-order chi connectivity index (χ1) is 17.4. The third-order valence-corrected chi connectivity index (χ3v) is 6.72. The summed E-state index contributed by atoms with van der Waals surface area (Å²) in [5.74, 6) is -0.0764. The molecule has 0 aliphatic carbocycles. The van der Waals surface area contributed by atoms with E-state index in [4.69, 9.17) is 14.2 Å². The van der Waals surface area contributed by atoms with Crippen molar-refractivity contribution in [3.8, 4) is 11.5 Å². The Morgan fingerprint density at radius 3 is 2.61 bits per heavy atom. The molecule has 8 heteroatoms. The summed E-state index contributed by atoms with van der Waals surface area (Å²) in [6.45, 7) is 3.60. The van der Waals surface area contributed by atoms with Crippen molar-refractivity contribution in [3.05, 3.63) is 76.7 Å². The molecule has 0 spiro atoms. The monoisotopic (exact) mass is 505 g/mol. The third-order valence-electron chi connectivity index (χ3n) is 5.82. The molecule has 2 amide bonds. The van der Waals surface area contributed by atoms with Crippen LogP contribution in [-0.4, -0.2) is 41.8 Å². The zero-order chi connectivity index (χ0) is 25.7. The number of esters is 1. The fourth-order valence-corrected chi connectivity index (χ4v) is 4.57. The number of methoxy groups -OCH3 is 1. The summed E-state index contributed by atoms with van der Waals surface area (Å²) >= 11 is 0.788. The Hall–Kier alpha value is -3.78. The second-order valence-electron chi connectivity index (χ2n) is 8.31. The predicted octanol–water partition coefficient (Wildman–Crippen LogP) is 5.81. The Labute approximate surface area is 214 Å². The molecule has 0 saturated carbocycles. The fourth-order valence-electron chi connectivity index (χ4n) is 3.73. The lowest BCUT2D eigenvalue weighted by Gasteiger charge is -2.15. The molecule has 1 fully saturated rings. The van der Waals surface area contributed by atoms with Gasteiger partial charge >= 0.3 is 5.97 Å². The van der Waals surface area contributed by atoms with Gasteiger partial charge in [0.2, 0.25) is 0 Å². The number of carbonyl (C=O) groups is 3. The second-order valence-corrected chi connectivity index (χ2v) is 9.31. The first kappa shape index (κ1) is 25.3. The van der Waals surface area contributed by atoms with Crippen LogP contribution < -0.4 is 9.47 Å². The average molecular weight is 506 g/mol. The highest BCUT2D eigenvalue weighted by Gasteiger charge is 2.36. The van der Waals surface area contributed by atoms with E-state index >= 15 is 0 Å². The maximum atomic E-state index is 12.8. The summed E-state index contributed by atoms with van der Waals surface area (Å²) in [4.78, 5) is 38.3. The van der Waals surface area contributed by atoms with Crippen LogP contribution in [0.4, 0.5) is 4.79 Å². The van der Waals surface area contributed by atoms with E-state index in [-0.39, 0.29) is 11.0 Å². The van der Waals surface area contributed by atoms with E-state index in [0.29, 0.717) is 30.1 Å². The van der Waals surface area contributed by atoms with Crippen molar-refractivity contribution in [2.75, 3.05) is 13.7 Å². The van der Waals surface area contributed by atoms with Crippen molar-refractivity contribution in [1.29, 1.82) is 0 Å². The van der Waals surface area contributed by atoms with Gasteiger partial charge in [-0.1, -0.05) is 55.5 Å². The van der Waals surface area contributed by atoms with Gasteiger partial charge in [0.05, 0.1) is 18.1 Å². The number of ether oxygens (including phenoxy) is 3. The number of hydrogen-bond donors (Lipinski definition) is 0. The van der Waals surface area contributed by atoms with Gasteiger partial charge in [-0.05, 0) is 65.2 Å². The van der Waals surface area contributed by atoms with Crippen LogP contribution in [0.3, 0.4) is 0 Å². The number of imide groups is 1. The molecule has 0 N–H and O–H groups in total. The van der Waals surface area contributed by atoms with Crippen LogP contribution in [0.5, 0.6) is 11.5 Å². The standard InChI is InChI=1S/C28H27NO6S/c1-4-18(2)35-26(30)16-29-27(31)25(36-28(29)32)15-19-12-13-23(24(14-19)33-3)34-17-21-10-7-9-20-8-5-6-11-22(20)21/h5-15,18H,4,16-17H2,1-3H3/b25-15+/t18-/m0/s1. The van der Waals surface area contributed by atoms with Crippen LogP contribution in [-0.2, 0) is 20.9 Å². The Balaban J connectivity index is 1.47. The maximum Gasteiger partial charge on any atom is 0.326 e. The molecule has 0 bridgehead atoms. The number of rotatable bonds is 9. The zero-order valence-corrected chi connectivity index (χ0v) is 21.2. The fraction of sp³-hybridized carbons (Fsp3) is 0.250. The summed E-state index contributed by atoms with van der Waals surface area (Å²) in [5, 5.41) is 1.76. The van der Waals surface area contributed by atoms with Gasteiger partial charge in [0.1, 0.15) is 13.2 Å². The highest BCUT2D eigenvalue weighted by atomic mass is 32.2. The Kier molecular flexibility index (Phi) is 7.95. The van der Waals surface area contributed by atoms with E-state index in [1.54, 1.807) is 38.3 Å². The van der Waals surface area contributed by atoms with Gasteiger partial charge in [0.25, 0.3) is 11.1 Å². The molecule has 7 nitrogen and oxygen atoms in total. The first-order valence-electron chi connectivity index (χ1n) is 11.6. The molecule has 1 atom stereocenters. The number of fused-ring (bicyclic) bond motifs is 1. The molecule has 0 radical (unpaired) electrons. The van der Waals surface area contributed by atoms with Gasteiger partial charge in [-0.25, -0.2) is 0 Å². The number of hydrogen-bond acceptors (Lipinski definition) is 7. The summed E-state index contributed by atoms with van der Waals surface area (Å²) < 4.78 is 16.8. The third kappa shape index (κ3) is 5.71. The lowest BCUT2D eigenvalue weighted by atomic mass is 10.1. The number of thioether (sulfide) groups is 1. The van der Waals surface area contributed by atoms with E-state index in [0.717, 1.165) is 33.0 Å². The normalized spacial score (nSPS) is 15.4. The molecule has 0 unspecified atom stereocenters. The van der Waals surface area contributed by atoms with E-state index < -0.39 is 23.7 Å². The van der Waals surface area contributed by atoms with Gasteiger partial charge in [-0.3, -0.25) is 19.3 Å². The van der Waals surface area contributed by atoms with Crippen molar-refractivity contribution in [2.45, 2.75) is 33.0 Å². The maximum absolute atomic E-state index is 12.8. The van der Waals surface area contributed by atoms with Crippen molar-refractivity contribution in [2.24, 2.45) is 0 Å². The van der Waals surface area contributed by atoms with Gasteiger partial charge in [-0.2, -0.15) is 0 Å². The smallest absolute Gasteiger partial charge is 0.326 e. The van der Waals surface area contributed by atoms with Crippen LogP contribution >= 0.6 is 11.8 Å². The minimum Gasteiger partial charge on any atom is -0.493 e. The predicted molar refractivity (Wildman–Crippen MR) is 140 cm³/mol. The van der Waals surface area contributed by atoms with Crippen LogP contribution in [0.15, 0.2) is 65.6 Å². The van der Waals surface area contributed by atoms with E-state index in [2.05, 4.69) is 18.2 Å². The minimum absolute atomic E-state index is 0.225. The molecular weight excluding hydrogens is 478 g/mol. The summed E-state index contributed by atoms with van der Waals surface area (Å²) in [5.41, 5.74) is 1.72. The van der Waals surface area contributed by atoms with Gasteiger partial charge in [-0.15, -0.1) is 0 Å². The molecule has 36 heavy (non-hydrogen) atoms. The van der Waals surface area contributed by atoms with Crippen LogP contribution in [0, 0.1) is 0 Å². The highest BCUT2D eigenvalue weighted by molar-refractivity contribution is 8.18. The zero-order valence-electron chi connectivity index (χ0n) is 20.4. The number of benzene rings is 3. The quantitative estimate of drug-likeness (QED) is 0.268. The van der Waals surface area contributed by atoms with Crippen molar-refractivity contribution >= 4 is 45.7 Å². The van der Waals surface area contributed by atoms with Gasteiger partial charge < -0.3 is 14.2 Å². The molecule has 3 aromatic rings. The second kappa shape index (κ2) is 11.3. The van der Waals surface area contributed by atoms with E-state index in [9.17, 15) is 14.4 Å². The topological polar surface area (TPSA) is 82.1 Å². The van der Waals surface area contributed by atoms with Crippen LogP contribution in [0.1, 0.15) is 31.4 Å². The number of nitrogens with zero attached hydrogens (tertiary/aromatic N) is 1. The minimum atomic E-state index is -0.609. The molecule has 3 aromatic carbocycles. The lowest BCUT2D eigenvalue weighted by molar-refractivity contribution is -0.150. The lowest BCUT2D eigenvalue weighted by Crippen LogP contribution is -2.35. The largest absolute Gasteiger partial charge is 0.493 e. The van der Waals surface area contributed by atoms with Crippen molar-refractivity contribution in [3.63, 3.8) is 0 Å². The summed E-state index contributed by atoms with van der Waals surface area (Å²) in [7, 11) is 1.54. The number of carbonyl (C=O) groups excluding carboxylic acids is 3. The molecular formula is C28H27NO6S. The average Bonchev–Trinajstić information content (AvgIpc) is 3.14. The SMILES string of the molecule is CC[C@H](C)OC(=O)CN1C(=O)S/C(=C/c2ccc(OCc3cccc4ccccc34)c(OC)c2)C1=O. The van der Waals surface area contributed by atoms with Crippen LogP contribution in [0.25, 0.3) is 16.8 Å². The van der Waals surface area contributed by atoms with E-state index in [1.807, 2.05) is 31.2 Å².